The van der Waals surface area contributed by atoms with Gasteiger partial charge in [0.05, 0.1) is 6.61 Å². The molecule has 1 aliphatic rings. The summed E-state index contributed by atoms with van der Waals surface area (Å²) in [5.74, 6) is -0.940. The Kier molecular flexibility index (Phi) is 7.46. The molecular formula is C26H26BrFN2O4. The van der Waals surface area contributed by atoms with Crippen LogP contribution in [0.3, 0.4) is 0 Å². The van der Waals surface area contributed by atoms with Crippen LogP contribution in [0.15, 0.2) is 46.9 Å². The Morgan fingerprint density at radius 2 is 1.91 bits per heavy atom. The molecule has 3 aromatic rings. The SMILES string of the molecule is CCOC(=O)Cn1c2c(c3cc(F)ccc31)C[C@@H](NC(=O)CCC(=O)c1ccc(Br)cc1)CC2. The topological polar surface area (TPSA) is 77.4 Å². The van der Waals surface area contributed by atoms with Crippen LogP contribution in [0.2, 0.25) is 0 Å². The number of rotatable bonds is 8. The van der Waals surface area contributed by atoms with Crippen molar-refractivity contribution >= 4 is 44.5 Å². The van der Waals surface area contributed by atoms with E-state index in [2.05, 4.69) is 21.2 Å². The Hall–Kier alpha value is -3.00. The summed E-state index contributed by atoms with van der Waals surface area (Å²) in [4.78, 5) is 37.1. The highest BCUT2D eigenvalue weighted by molar-refractivity contribution is 9.10. The van der Waals surface area contributed by atoms with E-state index >= 15 is 0 Å². The molecule has 0 fully saturated rings. The molecular weight excluding hydrogens is 503 g/mol. The standard InChI is InChI=1S/C26H26BrFN2O4/c1-2-34-26(33)15-30-22-9-7-18(28)13-20(22)21-14-19(8-10-23(21)30)29-25(32)12-11-24(31)16-3-5-17(27)6-4-16/h3-7,9,13,19H,2,8,10-12,14-15H2,1H3,(H,29,32)/t19-/m0/s1. The minimum atomic E-state index is -0.346. The highest BCUT2D eigenvalue weighted by Crippen LogP contribution is 2.33. The highest BCUT2D eigenvalue weighted by Gasteiger charge is 2.27. The average molecular weight is 529 g/mol. The quantitative estimate of drug-likeness (QED) is 0.338. The summed E-state index contributed by atoms with van der Waals surface area (Å²) in [6, 6.07) is 11.5. The Morgan fingerprint density at radius 3 is 2.65 bits per heavy atom. The maximum absolute atomic E-state index is 14.0. The summed E-state index contributed by atoms with van der Waals surface area (Å²) < 4.78 is 21.9. The molecule has 6 nitrogen and oxygen atoms in total. The van der Waals surface area contributed by atoms with Gasteiger partial charge in [0.2, 0.25) is 5.91 Å². The van der Waals surface area contributed by atoms with Crippen LogP contribution in [-0.4, -0.2) is 34.9 Å². The van der Waals surface area contributed by atoms with Crippen molar-refractivity contribution < 1.29 is 23.5 Å². The fourth-order valence-electron chi connectivity index (χ4n) is 4.57. The number of ketones is 1. The molecule has 0 saturated carbocycles. The number of hydrogen-bond acceptors (Lipinski definition) is 4. The summed E-state index contributed by atoms with van der Waals surface area (Å²) in [5.41, 5.74) is 3.28. The van der Waals surface area contributed by atoms with E-state index in [0.717, 1.165) is 26.6 Å². The minimum Gasteiger partial charge on any atom is -0.465 e. The lowest BCUT2D eigenvalue weighted by Gasteiger charge is -2.25. The summed E-state index contributed by atoms with van der Waals surface area (Å²) in [6.45, 7) is 2.13. The summed E-state index contributed by atoms with van der Waals surface area (Å²) in [5, 5.41) is 3.79. The second kappa shape index (κ2) is 10.5. The van der Waals surface area contributed by atoms with Gasteiger partial charge in [-0.1, -0.05) is 28.1 Å². The first-order valence-electron chi connectivity index (χ1n) is 11.4. The van der Waals surface area contributed by atoms with Crippen LogP contribution in [0.5, 0.6) is 0 Å². The van der Waals surface area contributed by atoms with E-state index < -0.39 is 0 Å². The zero-order valence-corrected chi connectivity index (χ0v) is 20.5. The number of fused-ring (bicyclic) bond motifs is 3. The first-order chi connectivity index (χ1) is 16.4. The Labute approximate surface area is 205 Å². The number of carbonyl (C=O) groups excluding carboxylic acids is 3. The van der Waals surface area contributed by atoms with Crippen molar-refractivity contribution in [2.24, 2.45) is 0 Å². The molecule has 0 radical (unpaired) electrons. The predicted octanol–water partition coefficient (Wildman–Crippen LogP) is 4.74. The molecule has 0 saturated heterocycles. The lowest BCUT2D eigenvalue weighted by molar-refractivity contribution is -0.143. The average Bonchev–Trinajstić information content (AvgIpc) is 3.10. The summed E-state index contributed by atoms with van der Waals surface area (Å²) in [7, 11) is 0. The Balaban J connectivity index is 1.44. The van der Waals surface area contributed by atoms with Crippen LogP contribution in [0, 0.1) is 5.82 Å². The van der Waals surface area contributed by atoms with E-state index in [0.29, 0.717) is 31.4 Å². The molecule has 1 N–H and O–H groups in total. The zero-order valence-electron chi connectivity index (χ0n) is 18.9. The van der Waals surface area contributed by atoms with Crippen LogP contribution in [0.4, 0.5) is 4.39 Å². The maximum atomic E-state index is 14.0. The number of nitrogens with zero attached hydrogens (tertiary/aromatic N) is 1. The second-order valence-electron chi connectivity index (χ2n) is 8.42. The molecule has 178 valence electrons. The van der Waals surface area contributed by atoms with Crippen LogP contribution >= 0.6 is 15.9 Å². The largest absolute Gasteiger partial charge is 0.465 e. The van der Waals surface area contributed by atoms with E-state index in [9.17, 15) is 18.8 Å². The zero-order chi connectivity index (χ0) is 24.2. The van der Waals surface area contributed by atoms with Gasteiger partial charge in [-0.3, -0.25) is 14.4 Å². The molecule has 0 bridgehead atoms. The summed E-state index contributed by atoms with van der Waals surface area (Å²) >= 11 is 3.34. The third-order valence-electron chi connectivity index (χ3n) is 6.13. The molecule has 0 aliphatic heterocycles. The van der Waals surface area contributed by atoms with Gasteiger partial charge in [0.1, 0.15) is 12.4 Å². The van der Waals surface area contributed by atoms with Gasteiger partial charge in [0, 0.05) is 45.5 Å². The van der Waals surface area contributed by atoms with E-state index in [-0.39, 0.29) is 48.9 Å². The molecule has 1 heterocycles. The number of benzene rings is 2. The number of ether oxygens (including phenoxy) is 1. The third kappa shape index (κ3) is 5.38. The smallest absolute Gasteiger partial charge is 0.325 e. The van der Waals surface area contributed by atoms with Crippen molar-refractivity contribution in [3.05, 3.63) is 69.6 Å². The van der Waals surface area contributed by atoms with E-state index in [4.69, 9.17) is 4.74 Å². The summed E-state index contributed by atoms with van der Waals surface area (Å²) in [6.07, 6.45) is 2.12. The number of carbonyl (C=O) groups is 3. The molecule has 0 unspecified atom stereocenters. The molecule has 1 atom stereocenters. The number of aromatic nitrogens is 1. The van der Waals surface area contributed by atoms with Gasteiger partial charge in [0.15, 0.2) is 5.78 Å². The maximum Gasteiger partial charge on any atom is 0.325 e. The minimum absolute atomic E-state index is 0.0699. The van der Waals surface area contributed by atoms with Gasteiger partial charge >= 0.3 is 5.97 Å². The predicted molar refractivity (Wildman–Crippen MR) is 130 cm³/mol. The number of hydrogen-bond donors (Lipinski definition) is 1. The fourth-order valence-corrected chi connectivity index (χ4v) is 4.83. The molecule has 1 aliphatic carbocycles. The van der Waals surface area contributed by atoms with Crippen molar-refractivity contribution in [1.29, 1.82) is 0 Å². The van der Waals surface area contributed by atoms with E-state index in [1.54, 1.807) is 37.3 Å². The van der Waals surface area contributed by atoms with E-state index in [1.807, 2.05) is 4.57 Å². The lowest BCUT2D eigenvalue weighted by atomic mass is 9.91. The number of esters is 1. The molecule has 8 heteroatoms. The van der Waals surface area contributed by atoms with Crippen LogP contribution in [0.1, 0.15) is 47.8 Å². The Bertz CT molecular complexity index is 1240. The van der Waals surface area contributed by atoms with Crippen molar-refractivity contribution in [3.8, 4) is 0 Å². The van der Waals surface area contributed by atoms with E-state index in [1.165, 1.54) is 12.1 Å². The monoisotopic (exact) mass is 528 g/mol. The van der Waals surface area contributed by atoms with Gasteiger partial charge in [-0.15, -0.1) is 0 Å². The molecule has 1 aromatic heterocycles. The number of nitrogens with one attached hydrogen (secondary N) is 1. The first kappa shape index (κ1) is 24.1. The first-order valence-corrected chi connectivity index (χ1v) is 12.2. The van der Waals surface area contributed by atoms with Crippen molar-refractivity contribution in [3.63, 3.8) is 0 Å². The van der Waals surface area contributed by atoms with Crippen LogP contribution in [0.25, 0.3) is 10.9 Å². The van der Waals surface area contributed by atoms with Gasteiger partial charge in [0.25, 0.3) is 0 Å². The number of Topliss-reactive ketones (excluding diaryl/α,β-unsaturated/α-hetero) is 1. The van der Waals surface area contributed by atoms with Crippen LogP contribution < -0.4 is 5.32 Å². The van der Waals surface area contributed by atoms with Crippen molar-refractivity contribution in [2.75, 3.05) is 6.61 Å². The normalized spacial score (nSPS) is 15.1. The molecule has 4 rings (SSSR count). The van der Waals surface area contributed by atoms with Gasteiger partial charge in [-0.2, -0.15) is 0 Å². The molecule has 1 amide bonds. The van der Waals surface area contributed by atoms with Crippen molar-refractivity contribution in [1.82, 2.24) is 9.88 Å². The van der Waals surface area contributed by atoms with Crippen LogP contribution in [-0.2, 0) is 33.7 Å². The lowest BCUT2D eigenvalue weighted by Crippen LogP contribution is -2.39. The van der Waals surface area contributed by atoms with Gasteiger partial charge in [-0.05, 0) is 62.1 Å². The van der Waals surface area contributed by atoms with Gasteiger partial charge < -0.3 is 14.6 Å². The number of halogens is 2. The van der Waals surface area contributed by atoms with Crippen molar-refractivity contribution in [2.45, 2.75) is 51.6 Å². The highest BCUT2D eigenvalue weighted by atomic mass is 79.9. The Morgan fingerprint density at radius 1 is 1.15 bits per heavy atom. The fraction of sp³-hybridized carbons (Fsp3) is 0.346. The number of amides is 1. The van der Waals surface area contributed by atoms with Gasteiger partial charge in [-0.25, -0.2) is 4.39 Å². The second-order valence-corrected chi connectivity index (χ2v) is 9.33. The molecule has 34 heavy (non-hydrogen) atoms. The molecule has 0 spiro atoms. The molecule has 2 aromatic carbocycles. The third-order valence-corrected chi connectivity index (χ3v) is 6.66.